The van der Waals surface area contributed by atoms with E-state index in [0.29, 0.717) is 11.1 Å². The monoisotopic (exact) mass is 281 g/mol. The molecule has 0 bridgehead atoms. The molecule has 1 amide bonds. The molecule has 5 heteroatoms. The zero-order chi connectivity index (χ0) is 14.7. The number of aromatic nitrogens is 2. The van der Waals surface area contributed by atoms with Gasteiger partial charge in [0.2, 0.25) is 0 Å². The van der Waals surface area contributed by atoms with Crippen LogP contribution < -0.4 is 5.32 Å². The largest absolute Gasteiger partial charge is 0.347 e. The number of halogens is 1. The van der Waals surface area contributed by atoms with Crippen LogP contribution in [-0.4, -0.2) is 15.9 Å². The molecular weight excluding hydrogens is 269 g/mol. The molecule has 0 radical (unpaired) electrons. The zero-order valence-electron chi connectivity index (χ0n) is 11.1. The molecule has 2 aromatic heterocycles. The summed E-state index contributed by atoms with van der Waals surface area (Å²) in [6, 6.07) is 13.2. The van der Waals surface area contributed by atoms with E-state index >= 15 is 0 Å². The highest BCUT2D eigenvalue weighted by Crippen LogP contribution is 2.10. The molecule has 0 aliphatic heterocycles. The molecule has 0 atom stereocenters. The summed E-state index contributed by atoms with van der Waals surface area (Å²) in [5, 5.41) is 2.66. The summed E-state index contributed by atoms with van der Waals surface area (Å²) >= 11 is 0. The molecule has 4 nitrogen and oxygen atoms in total. The first-order chi connectivity index (χ1) is 10.2. The molecular formula is C16H12FN3O. The molecule has 0 saturated heterocycles. The van der Waals surface area contributed by atoms with E-state index in [1.165, 1.54) is 6.07 Å². The molecule has 21 heavy (non-hydrogen) atoms. The van der Waals surface area contributed by atoms with Gasteiger partial charge in [0.15, 0.2) is 0 Å². The minimum absolute atomic E-state index is 0.123. The number of benzene rings is 1. The van der Waals surface area contributed by atoms with Gasteiger partial charge < -0.3 is 5.32 Å². The van der Waals surface area contributed by atoms with Crippen molar-refractivity contribution in [1.29, 1.82) is 0 Å². The summed E-state index contributed by atoms with van der Waals surface area (Å²) in [5.74, 6) is -0.683. The van der Waals surface area contributed by atoms with Crippen molar-refractivity contribution in [3.8, 4) is 0 Å². The van der Waals surface area contributed by atoms with E-state index < -0.39 is 0 Å². The van der Waals surface area contributed by atoms with Crippen LogP contribution in [0.3, 0.4) is 0 Å². The third kappa shape index (κ3) is 2.86. The molecule has 0 saturated carbocycles. The molecule has 0 unspecified atom stereocenters. The fraction of sp³-hybridized carbons (Fsp3) is 0.0625. The van der Waals surface area contributed by atoms with Gasteiger partial charge >= 0.3 is 0 Å². The number of nitrogens with one attached hydrogen (secondary N) is 1. The lowest BCUT2D eigenvalue weighted by atomic mass is 10.2. The Morgan fingerprint density at radius 2 is 1.90 bits per heavy atom. The second kappa shape index (κ2) is 5.66. The van der Waals surface area contributed by atoms with E-state index in [1.807, 2.05) is 0 Å². The van der Waals surface area contributed by atoms with Crippen LogP contribution >= 0.6 is 0 Å². The number of hydrogen-bond donors (Lipinski definition) is 1. The number of carbonyl (C=O) groups excluding carboxylic acids is 1. The van der Waals surface area contributed by atoms with Crippen molar-refractivity contribution >= 4 is 16.9 Å². The lowest BCUT2D eigenvalue weighted by Gasteiger charge is -2.06. The quantitative estimate of drug-likeness (QED) is 0.803. The Balaban J connectivity index is 1.76. The molecule has 2 heterocycles. The van der Waals surface area contributed by atoms with E-state index in [2.05, 4.69) is 15.3 Å². The minimum atomic E-state index is -0.344. The lowest BCUT2D eigenvalue weighted by Crippen LogP contribution is -2.24. The first-order valence-corrected chi connectivity index (χ1v) is 6.47. The normalized spacial score (nSPS) is 10.5. The van der Waals surface area contributed by atoms with Crippen LogP contribution in [0.1, 0.15) is 16.1 Å². The van der Waals surface area contributed by atoms with Crippen molar-refractivity contribution in [2.24, 2.45) is 0 Å². The number of pyridine rings is 2. The molecule has 1 aromatic carbocycles. The van der Waals surface area contributed by atoms with Crippen LogP contribution in [0.5, 0.6) is 0 Å². The van der Waals surface area contributed by atoms with Crippen LogP contribution in [0.4, 0.5) is 4.39 Å². The molecule has 3 aromatic rings. The van der Waals surface area contributed by atoms with E-state index in [1.54, 1.807) is 48.7 Å². The molecule has 104 valence electrons. The summed E-state index contributed by atoms with van der Waals surface area (Å²) < 4.78 is 13.5. The van der Waals surface area contributed by atoms with Gasteiger partial charge in [-0.25, -0.2) is 9.37 Å². The fourth-order valence-electron chi connectivity index (χ4n) is 1.99. The molecule has 0 fully saturated rings. The van der Waals surface area contributed by atoms with Gasteiger partial charge in [0.25, 0.3) is 5.91 Å². The Morgan fingerprint density at radius 3 is 2.76 bits per heavy atom. The molecule has 0 aliphatic rings. The molecule has 3 rings (SSSR count). The summed E-state index contributed by atoms with van der Waals surface area (Å²) in [6.45, 7) is 0.123. The van der Waals surface area contributed by atoms with Crippen LogP contribution in [0.25, 0.3) is 11.0 Å². The maximum atomic E-state index is 13.5. The molecule has 0 spiro atoms. The molecule has 1 N–H and O–H groups in total. The van der Waals surface area contributed by atoms with Crippen LogP contribution in [-0.2, 0) is 6.54 Å². The number of amides is 1. The van der Waals surface area contributed by atoms with Crippen LogP contribution in [0.15, 0.2) is 54.7 Å². The van der Waals surface area contributed by atoms with E-state index in [4.69, 9.17) is 0 Å². The minimum Gasteiger partial charge on any atom is -0.347 e. The number of fused-ring (bicyclic) bond motifs is 1. The highest BCUT2D eigenvalue weighted by atomic mass is 19.1. The van der Waals surface area contributed by atoms with E-state index in [9.17, 15) is 9.18 Å². The van der Waals surface area contributed by atoms with Crippen LogP contribution in [0, 0.1) is 5.82 Å². The Kier molecular flexibility index (Phi) is 3.55. The van der Waals surface area contributed by atoms with E-state index in [-0.39, 0.29) is 24.0 Å². The van der Waals surface area contributed by atoms with Crippen molar-refractivity contribution < 1.29 is 9.18 Å². The highest BCUT2D eigenvalue weighted by Gasteiger charge is 2.09. The molecule has 0 aliphatic carbocycles. The van der Waals surface area contributed by atoms with Crippen molar-refractivity contribution in [1.82, 2.24) is 15.3 Å². The second-order valence-electron chi connectivity index (χ2n) is 4.51. The predicted octanol–water partition coefficient (Wildman–Crippen LogP) is 2.70. The van der Waals surface area contributed by atoms with Crippen molar-refractivity contribution in [3.63, 3.8) is 0 Å². The Labute approximate surface area is 120 Å². The number of carbonyl (C=O) groups is 1. The van der Waals surface area contributed by atoms with Crippen molar-refractivity contribution in [2.75, 3.05) is 0 Å². The van der Waals surface area contributed by atoms with Gasteiger partial charge in [-0.2, -0.15) is 0 Å². The lowest BCUT2D eigenvalue weighted by molar-refractivity contribution is 0.0946. The van der Waals surface area contributed by atoms with Crippen LogP contribution in [0.2, 0.25) is 0 Å². The third-order valence-corrected chi connectivity index (χ3v) is 3.09. The Bertz CT molecular complexity index is 804. The first kappa shape index (κ1) is 13.2. The van der Waals surface area contributed by atoms with Gasteiger partial charge in [-0.05, 0) is 30.3 Å². The van der Waals surface area contributed by atoms with E-state index in [0.717, 1.165) is 5.52 Å². The van der Waals surface area contributed by atoms with Crippen molar-refractivity contribution in [3.05, 3.63) is 71.8 Å². The SMILES string of the molecule is O=C(NCc1ccccc1F)c1ccc2ncccc2n1. The summed E-state index contributed by atoms with van der Waals surface area (Å²) in [7, 11) is 0. The van der Waals surface area contributed by atoms with Gasteiger partial charge in [-0.1, -0.05) is 18.2 Å². The zero-order valence-corrected chi connectivity index (χ0v) is 11.1. The Morgan fingerprint density at radius 1 is 1.05 bits per heavy atom. The summed E-state index contributed by atoms with van der Waals surface area (Å²) in [5.41, 5.74) is 2.10. The average molecular weight is 281 g/mol. The third-order valence-electron chi connectivity index (χ3n) is 3.09. The standard InChI is InChI=1S/C16H12FN3O/c17-12-5-2-1-4-11(12)10-19-16(21)15-8-7-13-14(20-15)6-3-9-18-13/h1-9H,10H2,(H,19,21). The maximum absolute atomic E-state index is 13.5. The summed E-state index contributed by atoms with van der Waals surface area (Å²) in [6.07, 6.45) is 1.67. The topological polar surface area (TPSA) is 54.9 Å². The highest BCUT2D eigenvalue weighted by molar-refractivity contribution is 5.94. The summed E-state index contributed by atoms with van der Waals surface area (Å²) in [4.78, 5) is 20.4. The number of nitrogens with zero attached hydrogens (tertiary/aromatic N) is 2. The predicted molar refractivity (Wildman–Crippen MR) is 77.1 cm³/mol. The van der Waals surface area contributed by atoms with Crippen molar-refractivity contribution in [2.45, 2.75) is 6.54 Å². The first-order valence-electron chi connectivity index (χ1n) is 6.47. The fourth-order valence-corrected chi connectivity index (χ4v) is 1.99. The van der Waals surface area contributed by atoms with Gasteiger partial charge in [-0.15, -0.1) is 0 Å². The van der Waals surface area contributed by atoms with Gasteiger partial charge in [0.05, 0.1) is 11.0 Å². The average Bonchev–Trinajstić information content (AvgIpc) is 2.53. The smallest absolute Gasteiger partial charge is 0.270 e. The Hall–Kier alpha value is -2.82. The maximum Gasteiger partial charge on any atom is 0.270 e. The van der Waals surface area contributed by atoms with Gasteiger partial charge in [0.1, 0.15) is 11.5 Å². The van der Waals surface area contributed by atoms with Gasteiger partial charge in [-0.3, -0.25) is 9.78 Å². The second-order valence-corrected chi connectivity index (χ2v) is 4.51. The van der Waals surface area contributed by atoms with Gasteiger partial charge in [0, 0.05) is 18.3 Å². The number of hydrogen-bond acceptors (Lipinski definition) is 3. The number of rotatable bonds is 3.